The van der Waals surface area contributed by atoms with Gasteiger partial charge < -0.3 is 11.1 Å². The summed E-state index contributed by atoms with van der Waals surface area (Å²) in [5.74, 6) is 0.110. The second kappa shape index (κ2) is 5.84. The number of amides is 3. The van der Waals surface area contributed by atoms with Gasteiger partial charge in [-0.15, -0.1) is 0 Å². The molecule has 94 valence electrons. The summed E-state index contributed by atoms with van der Waals surface area (Å²) in [6.07, 6.45) is 0. The molecule has 0 fully saturated rings. The molecule has 1 atom stereocenters. The van der Waals surface area contributed by atoms with E-state index in [-0.39, 0.29) is 5.41 Å². The predicted molar refractivity (Wildman–Crippen MR) is 63.8 cm³/mol. The van der Waals surface area contributed by atoms with Crippen molar-refractivity contribution in [2.24, 2.45) is 17.1 Å². The van der Waals surface area contributed by atoms with Gasteiger partial charge in [-0.05, 0) is 18.3 Å². The van der Waals surface area contributed by atoms with Crippen molar-refractivity contribution >= 4 is 11.9 Å². The van der Waals surface area contributed by atoms with Gasteiger partial charge in [0.25, 0.3) is 0 Å². The Kier molecular flexibility index (Phi) is 5.44. The zero-order valence-electron chi connectivity index (χ0n) is 10.8. The number of hydrogen-bond donors (Lipinski definition) is 3. The highest BCUT2D eigenvalue weighted by Gasteiger charge is 2.24. The Labute approximate surface area is 97.2 Å². The first-order valence-electron chi connectivity index (χ1n) is 5.50. The summed E-state index contributed by atoms with van der Waals surface area (Å²) >= 11 is 0. The van der Waals surface area contributed by atoms with Crippen LogP contribution in [0.4, 0.5) is 4.79 Å². The number of carbonyl (C=O) groups is 2. The molecule has 0 saturated heterocycles. The molecule has 16 heavy (non-hydrogen) atoms. The minimum absolute atomic E-state index is 0.0985. The topological polar surface area (TPSA) is 84.2 Å². The highest BCUT2D eigenvalue weighted by atomic mass is 16.2. The predicted octanol–water partition coefficient (Wildman–Crippen LogP) is 0.842. The van der Waals surface area contributed by atoms with Gasteiger partial charge in [-0.25, -0.2) is 4.79 Å². The molecule has 0 aromatic rings. The van der Waals surface area contributed by atoms with Crippen LogP contribution in [0.25, 0.3) is 0 Å². The van der Waals surface area contributed by atoms with Gasteiger partial charge in [0.05, 0.1) is 6.04 Å². The normalized spacial score (nSPS) is 13.6. The molecule has 0 rings (SSSR count). The van der Waals surface area contributed by atoms with E-state index in [2.05, 4.69) is 33.0 Å². The van der Waals surface area contributed by atoms with Crippen molar-refractivity contribution in [1.82, 2.24) is 10.6 Å². The van der Waals surface area contributed by atoms with Crippen LogP contribution in [0.1, 0.15) is 34.6 Å². The van der Waals surface area contributed by atoms with Crippen molar-refractivity contribution in [2.75, 3.05) is 6.54 Å². The second-order valence-corrected chi connectivity index (χ2v) is 5.10. The second-order valence-electron chi connectivity index (χ2n) is 5.10. The van der Waals surface area contributed by atoms with Crippen LogP contribution in [0.5, 0.6) is 0 Å². The highest BCUT2D eigenvalue weighted by Crippen LogP contribution is 2.24. The fraction of sp³-hybridized carbons (Fsp3) is 0.818. The lowest BCUT2D eigenvalue weighted by Crippen LogP contribution is -2.49. The van der Waals surface area contributed by atoms with Crippen molar-refractivity contribution < 1.29 is 9.59 Å². The third kappa shape index (κ3) is 5.11. The molecule has 0 aliphatic heterocycles. The Morgan fingerprint density at radius 2 is 1.75 bits per heavy atom. The Morgan fingerprint density at radius 3 is 2.12 bits per heavy atom. The summed E-state index contributed by atoms with van der Waals surface area (Å²) in [6.45, 7) is 10.9. The number of imide groups is 1. The molecule has 0 bridgehead atoms. The average Bonchev–Trinajstić information content (AvgIpc) is 2.12. The molecule has 5 heteroatoms. The maximum atomic E-state index is 11.4. The Bertz CT molecular complexity index is 262. The molecule has 1 unspecified atom stereocenters. The van der Waals surface area contributed by atoms with Crippen molar-refractivity contribution in [1.29, 1.82) is 0 Å². The first-order chi connectivity index (χ1) is 7.16. The monoisotopic (exact) mass is 229 g/mol. The molecule has 3 amide bonds. The molecule has 0 aliphatic rings. The minimum Gasteiger partial charge on any atom is -0.351 e. The van der Waals surface area contributed by atoms with Crippen LogP contribution in [0.15, 0.2) is 0 Å². The molecule has 4 N–H and O–H groups in total. The Hall–Kier alpha value is -1.10. The van der Waals surface area contributed by atoms with Gasteiger partial charge in [0.2, 0.25) is 5.91 Å². The van der Waals surface area contributed by atoms with Crippen molar-refractivity contribution in [2.45, 2.75) is 40.7 Å². The van der Waals surface area contributed by atoms with Crippen LogP contribution in [0, 0.1) is 11.3 Å². The quantitative estimate of drug-likeness (QED) is 0.653. The van der Waals surface area contributed by atoms with E-state index in [4.69, 9.17) is 5.73 Å². The number of nitrogens with one attached hydrogen (secondary N) is 2. The SMILES string of the molecule is CC(NCC(C)(C)C(C)C)C(=O)NC(N)=O. The van der Waals surface area contributed by atoms with E-state index in [1.54, 1.807) is 6.92 Å². The van der Waals surface area contributed by atoms with Crippen LogP contribution in [0.2, 0.25) is 0 Å². The van der Waals surface area contributed by atoms with Crippen LogP contribution < -0.4 is 16.4 Å². The third-order valence-electron chi connectivity index (χ3n) is 3.07. The molecular formula is C11H23N3O2. The first kappa shape index (κ1) is 14.9. The number of rotatable bonds is 5. The first-order valence-corrected chi connectivity index (χ1v) is 5.50. The molecule has 0 spiro atoms. The summed E-state index contributed by atoms with van der Waals surface area (Å²) in [6, 6.07) is -1.24. The number of hydrogen-bond acceptors (Lipinski definition) is 3. The lowest BCUT2D eigenvalue weighted by atomic mass is 9.81. The molecule has 0 aliphatic carbocycles. The molecule has 0 heterocycles. The molecule has 0 aromatic carbocycles. The smallest absolute Gasteiger partial charge is 0.318 e. The lowest BCUT2D eigenvalue weighted by Gasteiger charge is -2.30. The average molecular weight is 229 g/mol. The van der Waals surface area contributed by atoms with Crippen LogP contribution >= 0.6 is 0 Å². The number of carbonyl (C=O) groups excluding carboxylic acids is 2. The van der Waals surface area contributed by atoms with E-state index in [0.29, 0.717) is 12.5 Å². The van der Waals surface area contributed by atoms with Gasteiger partial charge in [0.15, 0.2) is 0 Å². The van der Waals surface area contributed by atoms with Gasteiger partial charge in [0, 0.05) is 6.54 Å². The van der Waals surface area contributed by atoms with Gasteiger partial charge >= 0.3 is 6.03 Å². The fourth-order valence-corrected chi connectivity index (χ4v) is 0.943. The van der Waals surface area contributed by atoms with Crippen LogP contribution in [-0.2, 0) is 4.79 Å². The van der Waals surface area contributed by atoms with E-state index in [9.17, 15) is 9.59 Å². The molecular weight excluding hydrogens is 206 g/mol. The number of primary amides is 1. The summed E-state index contributed by atoms with van der Waals surface area (Å²) < 4.78 is 0. The lowest BCUT2D eigenvalue weighted by molar-refractivity contribution is -0.121. The fourth-order valence-electron chi connectivity index (χ4n) is 0.943. The Morgan fingerprint density at radius 1 is 1.25 bits per heavy atom. The van der Waals surface area contributed by atoms with Gasteiger partial charge in [-0.3, -0.25) is 10.1 Å². The van der Waals surface area contributed by atoms with Gasteiger partial charge in [-0.2, -0.15) is 0 Å². The van der Waals surface area contributed by atoms with E-state index in [1.807, 2.05) is 5.32 Å². The van der Waals surface area contributed by atoms with E-state index in [1.165, 1.54) is 0 Å². The van der Waals surface area contributed by atoms with Crippen molar-refractivity contribution in [3.8, 4) is 0 Å². The van der Waals surface area contributed by atoms with E-state index in [0.717, 1.165) is 0 Å². The zero-order valence-corrected chi connectivity index (χ0v) is 10.8. The zero-order chi connectivity index (χ0) is 12.9. The highest BCUT2D eigenvalue weighted by molar-refractivity contribution is 5.96. The Balaban J connectivity index is 4.12. The van der Waals surface area contributed by atoms with Crippen molar-refractivity contribution in [3.63, 3.8) is 0 Å². The maximum absolute atomic E-state index is 11.4. The maximum Gasteiger partial charge on any atom is 0.318 e. The van der Waals surface area contributed by atoms with Gasteiger partial charge in [0.1, 0.15) is 0 Å². The third-order valence-corrected chi connectivity index (χ3v) is 3.07. The van der Waals surface area contributed by atoms with Crippen LogP contribution in [0.3, 0.4) is 0 Å². The number of nitrogens with two attached hydrogens (primary N) is 1. The number of urea groups is 1. The summed E-state index contributed by atoms with van der Waals surface area (Å²) in [4.78, 5) is 21.9. The molecule has 5 nitrogen and oxygen atoms in total. The van der Waals surface area contributed by atoms with Crippen molar-refractivity contribution in [3.05, 3.63) is 0 Å². The summed E-state index contributed by atoms with van der Waals surface area (Å²) in [5, 5.41) is 5.13. The molecule has 0 aromatic heterocycles. The standard InChI is InChI=1S/C11H23N3O2/c1-7(2)11(4,5)6-13-8(3)9(15)14-10(12)16/h7-8,13H,6H2,1-5H3,(H3,12,14,15,16). The largest absolute Gasteiger partial charge is 0.351 e. The van der Waals surface area contributed by atoms with E-state index < -0.39 is 18.0 Å². The molecule has 0 saturated carbocycles. The summed E-state index contributed by atoms with van der Waals surface area (Å²) in [5.41, 5.74) is 4.96. The van der Waals surface area contributed by atoms with Crippen LogP contribution in [-0.4, -0.2) is 24.5 Å². The minimum atomic E-state index is -0.818. The summed E-state index contributed by atoms with van der Waals surface area (Å²) in [7, 11) is 0. The molecule has 0 radical (unpaired) electrons. The van der Waals surface area contributed by atoms with E-state index >= 15 is 0 Å². The van der Waals surface area contributed by atoms with Gasteiger partial charge in [-0.1, -0.05) is 27.7 Å².